The number of amides is 1. The number of piperazine rings is 1. The van der Waals surface area contributed by atoms with Crippen molar-refractivity contribution in [3.05, 3.63) is 24.3 Å². The molecule has 1 amide bonds. The summed E-state index contributed by atoms with van der Waals surface area (Å²) in [5.41, 5.74) is 1.22. The van der Waals surface area contributed by atoms with Gasteiger partial charge in [-0.1, -0.05) is 26.7 Å². The summed E-state index contributed by atoms with van der Waals surface area (Å²) in [6, 6.07) is 8.45. The Kier molecular flexibility index (Phi) is 8.23. The predicted octanol–water partition coefficient (Wildman–Crippen LogP) is 3.15. The molecule has 1 aliphatic heterocycles. The van der Waals surface area contributed by atoms with E-state index in [1.54, 1.807) is 7.11 Å². The molecule has 1 aromatic carbocycles. The molecule has 5 nitrogen and oxygen atoms in total. The number of hydrogen-bond acceptors (Lipinski definition) is 4. The number of methoxy groups -OCH3 is 1. The second kappa shape index (κ2) is 10.4. The fourth-order valence-corrected chi connectivity index (χ4v) is 3.39. The van der Waals surface area contributed by atoms with Gasteiger partial charge in [-0.15, -0.1) is 0 Å². The first-order valence-corrected chi connectivity index (χ1v) is 9.88. The summed E-state index contributed by atoms with van der Waals surface area (Å²) < 4.78 is 5.21. The molecular weight excluding hydrogens is 326 g/mol. The average molecular weight is 362 g/mol. The van der Waals surface area contributed by atoms with E-state index in [0.717, 1.165) is 44.3 Å². The highest BCUT2D eigenvalue weighted by Crippen LogP contribution is 2.20. The third kappa shape index (κ3) is 6.87. The molecule has 1 aliphatic rings. The standard InChI is InChI=1S/C21H35N3O2/c1-17(2)6-5-7-18(3)22-21(25)16-23-12-14-24(15-13-23)19-8-10-20(26-4)11-9-19/h8-11,17-18H,5-7,12-16H2,1-4H3,(H,22,25)/t18-/m1/s1. The first-order chi connectivity index (χ1) is 12.5. The quantitative estimate of drug-likeness (QED) is 0.734. The molecule has 2 rings (SSSR count). The SMILES string of the molecule is COc1ccc(N2CCN(CC(=O)N[C@H](C)CCCC(C)C)CC2)cc1. The Balaban J connectivity index is 1.68. The minimum Gasteiger partial charge on any atom is -0.497 e. The fourth-order valence-electron chi connectivity index (χ4n) is 3.39. The van der Waals surface area contributed by atoms with Crippen LogP contribution in [-0.4, -0.2) is 56.7 Å². The van der Waals surface area contributed by atoms with Crippen molar-refractivity contribution < 1.29 is 9.53 Å². The van der Waals surface area contributed by atoms with Crippen LogP contribution in [0.4, 0.5) is 5.69 Å². The van der Waals surface area contributed by atoms with Crippen molar-refractivity contribution in [1.82, 2.24) is 10.2 Å². The van der Waals surface area contributed by atoms with Gasteiger partial charge in [0.05, 0.1) is 13.7 Å². The predicted molar refractivity (Wildman–Crippen MR) is 108 cm³/mol. The summed E-state index contributed by atoms with van der Waals surface area (Å²) in [6.07, 6.45) is 3.47. The zero-order valence-corrected chi connectivity index (χ0v) is 16.8. The molecule has 0 unspecified atom stereocenters. The van der Waals surface area contributed by atoms with E-state index in [-0.39, 0.29) is 11.9 Å². The van der Waals surface area contributed by atoms with Crippen LogP contribution in [0, 0.1) is 5.92 Å². The van der Waals surface area contributed by atoms with Gasteiger partial charge in [0.1, 0.15) is 5.75 Å². The Bertz CT molecular complexity index is 537. The van der Waals surface area contributed by atoms with Gasteiger partial charge >= 0.3 is 0 Å². The van der Waals surface area contributed by atoms with Crippen LogP contribution in [0.3, 0.4) is 0 Å². The summed E-state index contributed by atoms with van der Waals surface area (Å²) in [6.45, 7) is 10.8. The Morgan fingerprint density at radius 3 is 2.31 bits per heavy atom. The van der Waals surface area contributed by atoms with Crippen molar-refractivity contribution in [1.29, 1.82) is 0 Å². The number of ether oxygens (including phenoxy) is 1. The molecule has 146 valence electrons. The summed E-state index contributed by atoms with van der Waals surface area (Å²) in [5.74, 6) is 1.77. The fraction of sp³-hybridized carbons (Fsp3) is 0.667. The number of benzene rings is 1. The average Bonchev–Trinajstić information content (AvgIpc) is 2.62. The number of nitrogens with zero attached hydrogens (tertiary/aromatic N) is 2. The van der Waals surface area contributed by atoms with Crippen LogP contribution >= 0.6 is 0 Å². The molecule has 1 heterocycles. The molecule has 0 saturated carbocycles. The molecule has 1 saturated heterocycles. The molecule has 0 spiro atoms. The highest BCUT2D eigenvalue weighted by Gasteiger charge is 2.19. The van der Waals surface area contributed by atoms with Gasteiger partial charge in [-0.3, -0.25) is 9.69 Å². The van der Waals surface area contributed by atoms with Gasteiger partial charge in [0.25, 0.3) is 0 Å². The van der Waals surface area contributed by atoms with Gasteiger partial charge in [-0.05, 0) is 43.5 Å². The monoisotopic (exact) mass is 361 g/mol. The highest BCUT2D eigenvalue weighted by molar-refractivity contribution is 5.78. The molecule has 26 heavy (non-hydrogen) atoms. The van der Waals surface area contributed by atoms with Crippen LogP contribution in [0.5, 0.6) is 5.75 Å². The van der Waals surface area contributed by atoms with Crippen LogP contribution in [0.25, 0.3) is 0 Å². The lowest BCUT2D eigenvalue weighted by atomic mass is 10.0. The normalized spacial score (nSPS) is 16.6. The molecule has 0 radical (unpaired) electrons. The second-order valence-corrected chi connectivity index (χ2v) is 7.75. The van der Waals surface area contributed by atoms with Crippen LogP contribution in [-0.2, 0) is 4.79 Å². The third-order valence-corrected chi connectivity index (χ3v) is 5.00. The molecular formula is C21H35N3O2. The van der Waals surface area contributed by atoms with Crippen LogP contribution in [0.15, 0.2) is 24.3 Å². The number of nitrogens with one attached hydrogen (secondary N) is 1. The van der Waals surface area contributed by atoms with E-state index in [4.69, 9.17) is 4.74 Å². The van der Waals surface area contributed by atoms with E-state index in [0.29, 0.717) is 6.54 Å². The number of rotatable bonds is 9. The first kappa shape index (κ1) is 20.6. The van der Waals surface area contributed by atoms with Gasteiger partial charge < -0.3 is 15.0 Å². The van der Waals surface area contributed by atoms with Crippen molar-refractivity contribution >= 4 is 11.6 Å². The summed E-state index contributed by atoms with van der Waals surface area (Å²) in [4.78, 5) is 16.9. The van der Waals surface area contributed by atoms with Gasteiger partial charge in [-0.25, -0.2) is 0 Å². The maximum Gasteiger partial charge on any atom is 0.234 e. The summed E-state index contributed by atoms with van der Waals surface area (Å²) in [5, 5.41) is 3.15. The minimum atomic E-state index is 0.153. The van der Waals surface area contributed by atoms with Gasteiger partial charge in [0.2, 0.25) is 5.91 Å². The van der Waals surface area contributed by atoms with E-state index in [2.05, 4.69) is 48.0 Å². The molecule has 5 heteroatoms. The molecule has 1 fully saturated rings. The second-order valence-electron chi connectivity index (χ2n) is 7.75. The smallest absolute Gasteiger partial charge is 0.234 e. The lowest BCUT2D eigenvalue weighted by molar-refractivity contribution is -0.123. The molecule has 0 aromatic heterocycles. The summed E-state index contributed by atoms with van der Waals surface area (Å²) >= 11 is 0. The number of carbonyl (C=O) groups is 1. The van der Waals surface area contributed by atoms with Crippen LogP contribution < -0.4 is 15.0 Å². The molecule has 0 bridgehead atoms. The third-order valence-electron chi connectivity index (χ3n) is 5.00. The molecule has 1 aromatic rings. The Labute approximate surface area is 158 Å². The summed E-state index contributed by atoms with van der Waals surface area (Å²) in [7, 11) is 1.68. The van der Waals surface area contributed by atoms with Crippen LogP contribution in [0.1, 0.15) is 40.0 Å². The van der Waals surface area contributed by atoms with Crippen molar-refractivity contribution in [3.8, 4) is 5.75 Å². The van der Waals surface area contributed by atoms with Gasteiger partial charge in [0.15, 0.2) is 0 Å². The highest BCUT2D eigenvalue weighted by atomic mass is 16.5. The maximum atomic E-state index is 12.3. The first-order valence-electron chi connectivity index (χ1n) is 9.88. The van der Waals surface area contributed by atoms with Crippen molar-refractivity contribution in [2.45, 2.75) is 46.1 Å². The van der Waals surface area contributed by atoms with Gasteiger partial charge in [0, 0.05) is 37.9 Å². The lowest BCUT2D eigenvalue weighted by Crippen LogP contribution is -2.50. The Morgan fingerprint density at radius 1 is 1.08 bits per heavy atom. The zero-order valence-electron chi connectivity index (χ0n) is 16.8. The van der Waals surface area contributed by atoms with Crippen molar-refractivity contribution in [3.63, 3.8) is 0 Å². The van der Waals surface area contributed by atoms with Crippen LogP contribution in [0.2, 0.25) is 0 Å². The molecule has 1 N–H and O–H groups in total. The Hall–Kier alpha value is -1.75. The van der Waals surface area contributed by atoms with Crippen molar-refractivity contribution in [2.24, 2.45) is 5.92 Å². The lowest BCUT2D eigenvalue weighted by Gasteiger charge is -2.36. The van der Waals surface area contributed by atoms with Gasteiger partial charge in [-0.2, -0.15) is 0 Å². The maximum absolute atomic E-state index is 12.3. The van der Waals surface area contributed by atoms with E-state index in [9.17, 15) is 4.79 Å². The van der Waals surface area contributed by atoms with E-state index in [1.807, 2.05) is 12.1 Å². The largest absolute Gasteiger partial charge is 0.497 e. The minimum absolute atomic E-state index is 0.153. The van der Waals surface area contributed by atoms with E-state index < -0.39 is 0 Å². The number of carbonyl (C=O) groups excluding carboxylic acids is 1. The Morgan fingerprint density at radius 2 is 1.73 bits per heavy atom. The van der Waals surface area contributed by atoms with E-state index in [1.165, 1.54) is 18.5 Å². The zero-order chi connectivity index (χ0) is 18.9. The molecule has 1 atom stereocenters. The topological polar surface area (TPSA) is 44.8 Å². The number of anilines is 1. The molecule has 0 aliphatic carbocycles. The van der Waals surface area contributed by atoms with Crippen molar-refractivity contribution in [2.75, 3.05) is 44.7 Å². The van der Waals surface area contributed by atoms with E-state index >= 15 is 0 Å². The number of hydrogen-bond donors (Lipinski definition) is 1.